The topological polar surface area (TPSA) is 67.2 Å². The largest absolute Gasteiger partial charge is 0.504 e. The summed E-state index contributed by atoms with van der Waals surface area (Å²) in [5.41, 5.74) is 0.943. The molecule has 0 saturated heterocycles. The number of phenolic OH excluding ortho intramolecular Hbond substituents is 1. The number of para-hydroxylation sites is 1. The van der Waals surface area contributed by atoms with Gasteiger partial charge in [-0.2, -0.15) is 0 Å². The molecule has 0 spiro atoms. The second kappa shape index (κ2) is 7.03. The van der Waals surface area contributed by atoms with E-state index in [0.29, 0.717) is 34.2 Å². The zero-order valence-corrected chi connectivity index (χ0v) is 15.2. The van der Waals surface area contributed by atoms with Crippen LogP contribution in [0.1, 0.15) is 12.5 Å². The normalized spacial score (nSPS) is 11.7. The number of phenols is 1. The summed E-state index contributed by atoms with van der Waals surface area (Å²) in [6.07, 6.45) is 1.60. The molecule has 2 aromatic carbocycles. The lowest BCUT2D eigenvalue weighted by Crippen LogP contribution is -2.33. The van der Waals surface area contributed by atoms with Crippen LogP contribution in [-0.4, -0.2) is 21.5 Å². The molecular weight excluding hydrogens is 384 g/mol. The van der Waals surface area contributed by atoms with E-state index in [4.69, 9.17) is 4.74 Å². The van der Waals surface area contributed by atoms with Gasteiger partial charge in [0.15, 0.2) is 11.5 Å². The third kappa shape index (κ3) is 3.39. The molecule has 0 unspecified atom stereocenters. The van der Waals surface area contributed by atoms with Crippen molar-refractivity contribution < 1.29 is 9.84 Å². The van der Waals surface area contributed by atoms with Crippen molar-refractivity contribution in [1.29, 1.82) is 0 Å². The monoisotopic (exact) mass is 400 g/mol. The minimum Gasteiger partial charge on any atom is -0.504 e. The summed E-state index contributed by atoms with van der Waals surface area (Å²) in [6, 6.07) is 12.6. The van der Waals surface area contributed by atoms with Gasteiger partial charge in [0.2, 0.25) is 0 Å². The number of H-pyrrole nitrogens is 1. The molecule has 3 aromatic rings. The Morgan fingerprint density at radius 2 is 2.04 bits per heavy atom. The van der Waals surface area contributed by atoms with Crippen LogP contribution in [0.15, 0.2) is 51.7 Å². The molecule has 0 fully saturated rings. The third-order valence-corrected chi connectivity index (χ3v) is 4.15. The number of halogens is 1. The first-order chi connectivity index (χ1) is 12.0. The van der Waals surface area contributed by atoms with Gasteiger partial charge in [0.1, 0.15) is 0 Å². The molecule has 1 heterocycles. The summed E-state index contributed by atoms with van der Waals surface area (Å²) in [6.45, 7) is 6.16. The highest BCUT2D eigenvalue weighted by molar-refractivity contribution is 9.10. The van der Waals surface area contributed by atoms with E-state index in [1.165, 1.54) is 4.68 Å². The van der Waals surface area contributed by atoms with Crippen LogP contribution in [0.3, 0.4) is 0 Å². The lowest BCUT2D eigenvalue weighted by Gasteiger charge is -2.08. The van der Waals surface area contributed by atoms with Gasteiger partial charge in [0, 0.05) is 10.0 Å². The maximum absolute atomic E-state index is 12.7. The molecule has 5 nitrogen and oxygen atoms in total. The van der Waals surface area contributed by atoms with Gasteiger partial charge in [-0.05, 0) is 37.3 Å². The second-order valence-corrected chi connectivity index (χ2v) is 6.31. The second-order valence-electron chi connectivity index (χ2n) is 5.40. The lowest BCUT2D eigenvalue weighted by atomic mass is 10.1. The van der Waals surface area contributed by atoms with Crippen LogP contribution in [0.25, 0.3) is 18.3 Å². The molecule has 0 aliphatic heterocycles. The van der Waals surface area contributed by atoms with Crippen molar-refractivity contribution in [2.45, 2.75) is 6.92 Å². The van der Waals surface area contributed by atoms with E-state index in [1.54, 1.807) is 18.2 Å². The van der Waals surface area contributed by atoms with Gasteiger partial charge in [0.25, 0.3) is 5.56 Å². The summed E-state index contributed by atoms with van der Waals surface area (Å²) >= 11 is 3.39. The van der Waals surface area contributed by atoms with Gasteiger partial charge in [-0.25, -0.2) is 4.68 Å². The first kappa shape index (κ1) is 17.1. The van der Waals surface area contributed by atoms with Gasteiger partial charge in [-0.15, -0.1) is 0 Å². The molecular formula is C19H17BrN2O3. The maximum atomic E-state index is 12.7. The first-order valence-corrected chi connectivity index (χ1v) is 8.53. The molecule has 0 aliphatic rings. The van der Waals surface area contributed by atoms with E-state index in [1.807, 2.05) is 37.3 Å². The van der Waals surface area contributed by atoms with Crippen molar-refractivity contribution in [3.63, 3.8) is 0 Å². The van der Waals surface area contributed by atoms with Crippen LogP contribution in [0.4, 0.5) is 0 Å². The summed E-state index contributed by atoms with van der Waals surface area (Å²) in [4.78, 5) is 12.7. The SMILES string of the molecule is C=c1[nH]n(-c2ccccc2)c(=O)c1=Cc1cc(Br)cc(OCC)c1O. The predicted octanol–water partition coefficient (Wildman–Crippen LogP) is 2.27. The van der Waals surface area contributed by atoms with E-state index in [-0.39, 0.29) is 11.3 Å². The van der Waals surface area contributed by atoms with Gasteiger partial charge in [0.05, 0.1) is 22.9 Å². The molecule has 0 bridgehead atoms. The quantitative estimate of drug-likeness (QED) is 0.705. The fourth-order valence-electron chi connectivity index (χ4n) is 2.53. The Bertz CT molecular complexity index is 1070. The van der Waals surface area contributed by atoms with E-state index in [0.717, 1.165) is 4.47 Å². The Morgan fingerprint density at radius 1 is 1.32 bits per heavy atom. The summed E-state index contributed by atoms with van der Waals surface area (Å²) in [5, 5.41) is 14.2. The molecule has 0 aliphatic carbocycles. The van der Waals surface area contributed by atoms with Crippen LogP contribution >= 0.6 is 15.9 Å². The highest BCUT2D eigenvalue weighted by Crippen LogP contribution is 2.34. The number of benzene rings is 2. The molecule has 128 valence electrons. The number of rotatable bonds is 4. The van der Waals surface area contributed by atoms with Gasteiger partial charge >= 0.3 is 0 Å². The maximum Gasteiger partial charge on any atom is 0.279 e. The number of ether oxygens (including phenoxy) is 1. The average Bonchev–Trinajstić information content (AvgIpc) is 2.88. The Labute approximate surface area is 152 Å². The van der Waals surface area contributed by atoms with Crippen molar-refractivity contribution in [3.05, 3.63) is 73.4 Å². The molecule has 3 rings (SSSR count). The van der Waals surface area contributed by atoms with Crippen LogP contribution in [-0.2, 0) is 0 Å². The van der Waals surface area contributed by atoms with Crippen molar-refractivity contribution in [2.24, 2.45) is 0 Å². The standard InChI is InChI=1S/C19H17BrN2O3/c1-3-25-17-11-14(20)9-13(18(17)23)10-16-12(2)21-22(19(16)24)15-7-5-4-6-8-15/h4-11,21,23H,2-3H2,1H3. The molecule has 0 saturated carbocycles. The first-order valence-electron chi connectivity index (χ1n) is 7.73. The highest BCUT2D eigenvalue weighted by Gasteiger charge is 2.10. The number of aromatic amines is 1. The summed E-state index contributed by atoms with van der Waals surface area (Å²) in [5.74, 6) is 0.337. The lowest BCUT2D eigenvalue weighted by molar-refractivity contribution is 0.317. The molecule has 0 atom stereocenters. The van der Waals surface area contributed by atoms with Crippen LogP contribution in [0.2, 0.25) is 0 Å². The molecule has 1 aromatic heterocycles. The fraction of sp³-hybridized carbons (Fsp3) is 0.105. The number of hydrogen-bond donors (Lipinski definition) is 2. The minimum absolute atomic E-state index is 0.0173. The highest BCUT2D eigenvalue weighted by atomic mass is 79.9. The fourth-order valence-corrected chi connectivity index (χ4v) is 2.98. The molecule has 6 heteroatoms. The average molecular weight is 401 g/mol. The van der Waals surface area contributed by atoms with Crippen molar-refractivity contribution in [2.75, 3.05) is 6.61 Å². The van der Waals surface area contributed by atoms with Crippen LogP contribution < -0.4 is 20.9 Å². The number of hydrogen-bond acceptors (Lipinski definition) is 3. The minimum atomic E-state index is -0.242. The zero-order valence-electron chi connectivity index (χ0n) is 13.6. The number of nitrogens with zero attached hydrogens (tertiary/aromatic N) is 1. The Balaban J connectivity index is 2.20. The van der Waals surface area contributed by atoms with Gasteiger partial charge < -0.3 is 9.84 Å². The Kier molecular flexibility index (Phi) is 4.81. The number of nitrogens with one attached hydrogen (secondary N) is 1. The zero-order chi connectivity index (χ0) is 18.0. The van der Waals surface area contributed by atoms with Crippen molar-refractivity contribution in [1.82, 2.24) is 9.78 Å². The van der Waals surface area contributed by atoms with Gasteiger partial charge in [-0.3, -0.25) is 9.89 Å². The predicted molar refractivity (Wildman–Crippen MR) is 102 cm³/mol. The van der Waals surface area contributed by atoms with E-state index >= 15 is 0 Å². The summed E-state index contributed by atoms with van der Waals surface area (Å²) < 4.78 is 7.59. The number of aromatic hydroxyl groups is 1. The molecule has 0 amide bonds. The molecule has 25 heavy (non-hydrogen) atoms. The number of aromatic nitrogens is 2. The Morgan fingerprint density at radius 3 is 2.72 bits per heavy atom. The van der Waals surface area contributed by atoms with Gasteiger partial charge in [-0.1, -0.05) is 40.7 Å². The Hall–Kier alpha value is -2.73. The van der Waals surface area contributed by atoms with Crippen molar-refractivity contribution >= 4 is 28.6 Å². The van der Waals surface area contributed by atoms with E-state index in [9.17, 15) is 9.90 Å². The van der Waals surface area contributed by atoms with Crippen LogP contribution in [0.5, 0.6) is 11.5 Å². The summed E-state index contributed by atoms with van der Waals surface area (Å²) in [7, 11) is 0. The van der Waals surface area contributed by atoms with E-state index in [2.05, 4.69) is 27.6 Å². The molecule has 2 N–H and O–H groups in total. The van der Waals surface area contributed by atoms with Crippen LogP contribution in [0, 0.1) is 0 Å². The smallest absolute Gasteiger partial charge is 0.279 e. The third-order valence-electron chi connectivity index (χ3n) is 3.69. The van der Waals surface area contributed by atoms with E-state index < -0.39 is 0 Å². The molecule has 0 radical (unpaired) electrons. The van der Waals surface area contributed by atoms with Crippen molar-refractivity contribution in [3.8, 4) is 17.2 Å².